The summed E-state index contributed by atoms with van der Waals surface area (Å²) in [7, 11) is 0. The van der Waals surface area contributed by atoms with Crippen molar-refractivity contribution < 1.29 is 4.79 Å². The minimum atomic E-state index is -0.403. The van der Waals surface area contributed by atoms with Gasteiger partial charge < -0.3 is 16.0 Å². The Bertz CT molecular complexity index is 864. The van der Waals surface area contributed by atoms with Crippen molar-refractivity contribution in [2.75, 3.05) is 0 Å². The number of carbonyl (C=O) groups is 1. The number of fused-ring (bicyclic) bond motifs is 2. The zero-order chi connectivity index (χ0) is 15.1. The molecule has 0 aromatic heterocycles. The predicted octanol–water partition coefficient (Wildman–Crippen LogP) is 2.31. The number of hydrogen-bond acceptors (Lipinski definition) is 3. The number of hydrogen-bond donors (Lipinski definition) is 2. The summed E-state index contributed by atoms with van der Waals surface area (Å²) in [6.45, 7) is 0. The first-order valence-electron chi connectivity index (χ1n) is 7.15. The molecule has 108 valence electrons. The lowest BCUT2D eigenvalue weighted by Crippen LogP contribution is -2.40. The number of nitrogens with zero attached hydrogens (tertiary/aromatic N) is 1. The molecule has 4 nitrogen and oxygen atoms in total. The molecular weight excluding hydrogens is 274 g/mol. The van der Waals surface area contributed by atoms with Crippen molar-refractivity contribution in [1.29, 1.82) is 0 Å². The largest absolute Gasteiger partial charge is 0.366 e. The maximum atomic E-state index is 11.5. The molecule has 1 unspecified atom stereocenters. The first-order chi connectivity index (χ1) is 10.7. The van der Waals surface area contributed by atoms with Crippen molar-refractivity contribution in [2.45, 2.75) is 6.17 Å². The summed E-state index contributed by atoms with van der Waals surface area (Å²) in [6, 6.07) is 14.6. The normalized spacial score (nSPS) is 19.5. The van der Waals surface area contributed by atoms with Gasteiger partial charge >= 0.3 is 0 Å². The summed E-state index contributed by atoms with van der Waals surface area (Å²) in [5.74, 6) is -0.403. The number of allylic oxidation sites excluding steroid dienone is 2. The third kappa shape index (κ3) is 1.97. The lowest BCUT2D eigenvalue weighted by Gasteiger charge is -2.25. The van der Waals surface area contributed by atoms with E-state index in [1.165, 1.54) is 10.8 Å². The topological polar surface area (TPSA) is 58.4 Å². The van der Waals surface area contributed by atoms with E-state index in [1.54, 1.807) is 6.08 Å². The Kier molecular flexibility index (Phi) is 2.76. The molecular formula is C18H15N3O. The molecule has 0 saturated heterocycles. The number of primary amides is 1. The van der Waals surface area contributed by atoms with Crippen LogP contribution in [0.1, 0.15) is 5.56 Å². The fraction of sp³-hybridized carbons (Fsp3) is 0.0556. The van der Waals surface area contributed by atoms with E-state index in [0.29, 0.717) is 5.57 Å². The Morgan fingerprint density at radius 3 is 2.77 bits per heavy atom. The number of nitrogens with two attached hydrogens (primary N) is 1. The lowest BCUT2D eigenvalue weighted by atomic mass is 10.1. The van der Waals surface area contributed by atoms with Gasteiger partial charge in [-0.1, -0.05) is 36.4 Å². The van der Waals surface area contributed by atoms with Crippen LogP contribution < -0.4 is 11.1 Å². The monoisotopic (exact) mass is 289 g/mol. The molecule has 0 aliphatic carbocycles. The predicted molar refractivity (Wildman–Crippen MR) is 87.1 cm³/mol. The van der Waals surface area contributed by atoms with E-state index < -0.39 is 5.91 Å². The van der Waals surface area contributed by atoms with Gasteiger partial charge in [0.1, 0.15) is 6.17 Å². The van der Waals surface area contributed by atoms with Crippen LogP contribution in [0.3, 0.4) is 0 Å². The Morgan fingerprint density at radius 2 is 1.95 bits per heavy atom. The standard InChI is InChI=1S/C18H15N3O/c19-17(22)15-6-3-9-21-11-16(20-18(15)21)14-8-7-12-4-1-2-5-13(12)10-14/h1-11,18,20H,(H2,19,22). The van der Waals surface area contributed by atoms with E-state index in [4.69, 9.17) is 5.73 Å². The Labute approximate surface area is 128 Å². The molecule has 0 saturated carbocycles. The van der Waals surface area contributed by atoms with Gasteiger partial charge in [0, 0.05) is 12.4 Å². The molecule has 2 aromatic rings. The molecule has 4 rings (SSSR count). The maximum absolute atomic E-state index is 11.5. The molecule has 0 spiro atoms. The molecule has 1 amide bonds. The van der Waals surface area contributed by atoms with Crippen LogP contribution in [-0.4, -0.2) is 17.0 Å². The van der Waals surface area contributed by atoms with Crippen LogP contribution in [0.15, 0.2) is 72.6 Å². The van der Waals surface area contributed by atoms with Gasteiger partial charge in [0.05, 0.1) is 11.3 Å². The average molecular weight is 289 g/mol. The van der Waals surface area contributed by atoms with Gasteiger partial charge in [0.25, 0.3) is 0 Å². The molecule has 1 atom stereocenters. The van der Waals surface area contributed by atoms with Crippen LogP contribution >= 0.6 is 0 Å². The summed E-state index contributed by atoms with van der Waals surface area (Å²) >= 11 is 0. The van der Waals surface area contributed by atoms with E-state index in [0.717, 1.165) is 11.3 Å². The van der Waals surface area contributed by atoms with Gasteiger partial charge in [-0.25, -0.2) is 0 Å². The molecule has 2 aliphatic rings. The number of amides is 1. The zero-order valence-corrected chi connectivity index (χ0v) is 11.9. The maximum Gasteiger partial charge on any atom is 0.248 e. The highest BCUT2D eigenvalue weighted by Crippen LogP contribution is 2.28. The van der Waals surface area contributed by atoms with E-state index in [-0.39, 0.29) is 6.17 Å². The first-order valence-corrected chi connectivity index (χ1v) is 7.15. The third-order valence-electron chi connectivity index (χ3n) is 4.04. The average Bonchev–Trinajstić information content (AvgIpc) is 2.98. The Balaban J connectivity index is 1.70. The molecule has 2 aromatic carbocycles. The van der Waals surface area contributed by atoms with E-state index >= 15 is 0 Å². The van der Waals surface area contributed by atoms with Crippen molar-refractivity contribution in [3.63, 3.8) is 0 Å². The van der Waals surface area contributed by atoms with Crippen LogP contribution in [0, 0.1) is 0 Å². The van der Waals surface area contributed by atoms with Crippen LogP contribution in [-0.2, 0) is 4.79 Å². The van der Waals surface area contributed by atoms with Crippen molar-refractivity contribution in [2.24, 2.45) is 5.73 Å². The van der Waals surface area contributed by atoms with E-state index in [9.17, 15) is 4.79 Å². The first kappa shape index (κ1) is 12.7. The van der Waals surface area contributed by atoms with Gasteiger partial charge in [-0.3, -0.25) is 4.79 Å². The van der Waals surface area contributed by atoms with Crippen molar-refractivity contribution >= 4 is 22.4 Å². The molecule has 0 fully saturated rings. The second-order valence-electron chi connectivity index (χ2n) is 5.43. The van der Waals surface area contributed by atoms with Crippen molar-refractivity contribution in [3.8, 4) is 0 Å². The summed E-state index contributed by atoms with van der Waals surface area (Å²) in [5.41, 5.74) is 8.08. The van der Waals surface area contributed by atoms with Crippen LogP contribution in [0.4, 0.5) is 0 Å². The van der Waals surface area contributed by atoms with Gasteiger partial charge in [0.2, 0.25) is 5.91 Å². The van der Waals surface area contributed by atoms with Crippen molar-refractivity contribution in [3.05, 3.63) is 78.2 Å². The Morgan fingerprint density at radius 1 is 1.14 bits per heavy atom. The summed E-state index contributed by atoms with van der Waals surface area (Å²) in [4.78, 5) is 13.5. The quantitative estimate of drug-likeness (QED) is 0.892. The minimum absolute atomic E-state index is 0.219. The summed E-state index contributed by atoms with van der Waals surface area (Å²) in [6.07, 6.45) is 7.30. The second kappa shape index (κ2) is 4.77. The van der Waals surface area contributed by atoms with Gasteiger partial charge in [-0.2, -0.15) is 0 Å². The SMILES string of the molecule is NC(=O)C1=CC=CN2C=C(c3ccc4ccccc4c3)NC12. The van der Waals surface area contributed by atoms with E-state index in [2.05, 4.69) is 35.6 Å². The van der Waals surface area contributed by atoms with Gasteiger partial charge in [0.15, 0.2) is 0 Å². The zero-order valence-electron chi connectivity index (χ0n) is 11.9. The molecule has 0 radical (unpaired) electrons. The fourth-order valence-electron chi connectivity index (χ4n) is 2.92. The Hall–Kier alpha value is -3.01. The minimum Gasteiger partial charge on any atom is -0.366 e. The molecule has 4 heteroatoms. The van der Waals surface area contributed by atoms with Crippen LogP contribution in [0.2, 0.25) is 0 Å². The smallest absolute Gasteiger partial charge is 0.248 e. The molecule has 2 heterocycles. The molecule has 3 N–H and O–H groups in total. The van der Waals surface area contributed by atoms with Gasteiger partial charge in [-0.15, -0.1) is 0 Å². The highest BCUT2D eigenvalue weighted by atomic mass is 16.1. The second-order valence-corrected chi connectivity index (χ2v) is 5.43. The van der Waals surface area contributed by atoms with Gasteiger partial charge in [-0.05, 0) is 34.6 Å². The van der Waals surface area contributed by atoms with Crippen LogP contribution in [0.25, 0.3) is 16.5 Å². The number of rotatable bonds is 2. The summed E-state index contributed by atoms with van der Waals surface area (Å²) < 4.78 is 0. The lowest BCUT2D eigenvalue weighted by molar-refractivity contribution is -0.115. The highest BCUT2D eigenvalue weighted by Gasteiger charge is 2.30. The number of benzene rings is 2. The number of carbonyl (C=O) groups excluding carboxylic acids is 1. The third-order valence-corrected chi connectivity index (χ3v) is 4.04. The molecule has 22 heavy (non-hydrogen) atoms. The van der Waals surface area contributed by atoms with Crippen molar-refractivity contribution in [1.82, 2.24) is 10.2 Å². The number of nitrogens with one attached hydrogen (secondary N) is 1. The highest BCUT2D eigenvalue weighted by molar-refractivity contribution is 5.94. The summed E-state index contributed by atoms with van der Waals surface area (Å²) in [5, 5.41) is 5.77. The molecule has 2 aliphatic heterocycles. The van der Waals surface area contributed by atoms with E-state index in [1.807, 2.05) is 35.5 Å². The molecule has 0 bridgehead atoms. The fourth-order valence-corrected chi connectivity index (χ4v) is 2.92. The van der Waals surface area contributed by atoms with Crippen LogP contribution in [0.5, 0.6) is 0 Å².